The fourth-order valence-corrected chi connectivity index (χ4v) is 4.48. The Morgan fingerprint density at radius 2 is 1.91 bits per heavy atom. The maximum absolute atomic E-state index is 12.6. The number of nitrogens with one attached hydrogen (secondary N) is 2. The van der Waals surface area contributed by atoms with Gasteiger partial charge in [-0.05, 0) is 55.7 Å². The first-order valence-electron chi connectivity index (χ1n) is 11.0. The number of benzene rings is 2. The minimum atomic E-state index is -0.498. The molecule has 1 atom stereocenters. The summed E-state index contributed by atoms with van der Waals surface area (Å²) in [5, 5.41) is 15.0. The number of ether oxygens (including phenoxy) is 2. The summed E-state index contributed by atoms with van der Waals surface area (Å²) in [5.74, 6) is 1.81. The van der Waals surface area contributed by atoms with E-state index in [4.69, 9.17) is 9.47 Å². The van der Waals surface area contributed by atoms with Crippen molar-refractivity contribution in [3.05, 3.63) is 48.5 Å². The minimum Gasteiger partial charge on any atom is -0.497 e. The number of hydrogen-bond acceptors (Lipinski definition) is 7. The quantitative estimate of drug-likeness (QED) is 0.477. The van der Waals surface area contributed by atoms with Crippen molar-refractivity contribution in [1.82, 2.24) is 25.4 Å². The number of methoxy groups -OCH3 is 2. The number of rotatable bonds is 8. The van der Waals surface area contributed by atoms with E-state index in [2.05, 4.69) is 20.8 Å². The Labute approximate surface area is 202 Å². The summed E-state index contributed by atoms with van der Waals surface area (Å²) in [5.41, 5.74) is 1.66. The van der Waals surface area contributed by atoms with Crippen LogP contribution in [-0.4, -0.2) is 59.1 Å². The average Bonchev–Trinajstić information content (AvgIpc) is 3.20. The van der Waals surface area contributed by atoms with Crippen molar-refractivity contribution in [2.45, 2.75) is 30.5 Å². The maximum atomic E-state index is 12.6. The van der Waals surface area contributed by atoms with Crippen LogP contribution in [0, 0.1) is 0 Å². The van der Waals surface area contributed by atoms with Gasteiger partial charge in [-0.2, -0.15) is 0 Å². The molecule has 0 aliphatic carbocycles. The molecule has 0 saturated carbocycles. The molecule has 10 heteroatoms. The second kappa shape index (κ2) is 11.1. The van der Waals surface area contributed by atoms with Crippen molar-refractivity contribution in [1.29, 1.82) is 0 Å². The zero-order valence-electron chi connectivity index (χ0n) is 19.1. The summed E-state index contributed by atoms with van der Waals surface area (Å²) in [7, 11) is 3.23. The Kier molecular flexibility index (Phi) is 7.69. The summed E-state index contributed by atoms with van der Waals surface area (Å²) >= 11 is 1.26. The van der Waals surface area contributed by atoms with Crippen LogP contribution in [0.4, 0.5) is 0 Å². The Morgan fingerprint density at radius 3 is 2.68 bits per heavy atom. The molecule has 0 spiro atoms. The minimum absolute atomic E-state index is 0.107. The smallest absolute Gasteiger partial charge is 0.242 e. The van der Waals surface area contributed by atoms with Crippen LogP contribution in [0.15, 0.2) is 53.7 Å². The first-order valence-corrected chi connectivity index (χ1v) is 12.0. The molecule has 178 valence electrons. The van der Waals surface area contributed by atoms with Gasteiger partial charge in [-0.25, -0.2) is 0 Å². The topological polar surface area (TPSA) is 107 Å². The number of thioether (sulfide) groups is 1. The van der Waals surface area contributed by atoms with E-state index >= 15 is 0 Å². The molecule has 9 nitrogen and oxygen atoms in total. The number of carbonyl (C=O) groups is 2. The van der Waals surface area contributed by atoms with Crippen LogP contribution >= 0.6 is 11.8 Å². The van der Waals surface area contributed by atoms with Crippen LogP contribution in [0.25, 0.3) is 17.1 Å². The lowest BCUT2D eigenvalue weighted by Crippen LogP contribution is -2.46. The van der Waals surface area contributed by atoms with Crippen molar-refractivity contribution in [2.75, 3.05) is 26.5 Å². The molecule has 2 N–H and O–H groups in total. The third kappa shape index (κ3) is 5.51. The summed E-state index contributed by atoms with van der Waals surface area (Å²) in [6.45, 7) is 0.651. The molecule has 2 amide bonds. The zero-order valence-corrected chi connectivity index (χ0v) is 19.9. The highest BCUT2D eigenvalue weighted by molar-refractivity contribution is 7.99. The van der Waals surface area contributed by atoms with Crippen LogP contribution in [0.2, 0.25) is 0 Å². The highest BCUT2D eigenvalue weighted by atomic mass is 32.2. The van der Waals surface area contributed by atoms with Crippen molar-refractivity contribution in [3.8, 4) is 28.6 Å². The molecule has 1 aliphatic heterocycles. The Balaban J connectivity index is 1.58. The molecule has 3 aromatic rings. The number of hydrogen-bond donors (Lipinski definition) is 2. The molecule has 1 aromatic heterocycles. The molecule has 2 aromatic carbocycles. The molecule has 1 saturated heterocycles. The summed E-state index contributed by atoms with van der Waals surface area (Å²) in [6.07, 6.45) is 2.46. The third-order valence-electron chi connectivity index (χ3n) is 5.49. The van der Waals surface area contributed by atoms with E-state index in [9.17, 15) is 9.59 Å². The Hall–Kier alpha value is -3.53. The van der Waals surface area contributed by atoms with Gasteiger partial charge in [-0.15, -0.1) is 10.2 Å². The van der Waals surface area contributed by atoms with E-state index in [0.717, 1.165) is 29.8 Å². The van der Waals surface area contributed by atoms with Crippen LogP contribution in [0.1, 0.15) is 19.3 Å². The van der Waals surface area contributed by atoms with Gasteiger partial charge >= 0.3 is 0 Å². The van der Waals surface area contributed by atoms with Gasteiger partial charge in [0.15, 0.2) is 11.0 Å². The van der Waals surface area contributed by atoms with E-state index in [0.29, 0.717) is 29.7 Å². The SMILES string of the molecule is COc1ccc(-n2c(SCC(=O)NC3CCCCNC3=O)nnc2-c2cccc(OC)c2)cc1. The van der Waals surface area contributed by atoms with E-state index < -0.39 is 6.04 Å². The van der Waals surface area contributed by atoms with Crippen molar-refractivity contribution in [2.24, 2.45) is 0 Å². The zero-order chi connectivity index (χ0) is 23.9. The summed E-state index contributed by atoms with van der Waals surface area (Å²) in [6, 6.07) is 14.6. The van der Waals surface area contributed by atoms with E-state index in [1.807, 2.05) is 53.1 Å². The predicted molar refractivity (Wildman–Crippen MR) is 129 cm³/mol. The lowest BCUT2D eigenvalue weighted by molar-refractivity contribution is -0.127. The largest absolute Gasteiger partial charge is 0.497 e. The predicted octanol–water partition coefficient (Wildman–Crippen LogP) is 2.83. The van der Waals surface area contributed by atoms with Crippen LogP contribution in [-0.2, 0) is 9.59 Å². The van der Waals surface area contributed by atoms with Gasteiger partial charge in [0.25, 0.3) is 0 Å². The van der Waals surface area contributed by atoms with E-state index in [1.54, 1.807) is 14.2 Å². The maximum Gasteiger partial charge on any atom is 0.242 e. The lowest BCUT2D eigenvalue weighted by atomic mass is 10.1. The molecular formula is C24H27N5O4S. The normalized spacial score (nSPS) is 15.8. The molecule has 0 bridgehead atoms. The summed E-state index contributed by atoms with van der Waals surface area (Å²) < 4.78 is 12.5. The van der Waals surface area contributed by atoms with Gasteiger partial charge in [0, 0.05) is 17.8 Å². The second-order valence-corrected chi connectivity index (χ2v) is 8.71. The molecule has 1 fully saturated rings. The highest BCUT2D eigenvalue weighted by Crippen LogP contribution is 2.30. The number of nitrogens with zero attached hydrogens (tertiary/aromatic N) is 3. The molecule has 4 rings (SSSR count). The molecule has 0 radical (unpaired) electrons. The fourth-order valence-electron chi connectivity index (χ4n) is 3.72. The van der Waals surface area contributed by atoms with Gasteiger partial charge < -0.3 is 20.1 Å². The standard InChI is InChI=1S/C24H27N5O4S/c1-32-18-11-9-17(10-12-18)29-22(16-6-5-7-19(14-16)33-2)27-28-24(29)34-15-21(30)26-20-8-3-4-13-25-23(20)31/h5-7,9-12,14,20H,3-4,8,13,15H2,1-2H3,(H,25,31)(H,26,30). The third-order valence-corrected chi connectivity index (χ3v) is 6.42. The van der Waals surface area contributed by atoms with Crippen molar-refractivity contribution in [3.63, 3.8) is 0 Å². The first kappa shape index (κ1) is 23.6. The number of carbonyl (C=O) groups excluding carboxylic acids is 2. The Morgan fingerprint density at radius 1 is 1.12 bits per heavy atom. The van der Waals surface area contributed by atoms with Gasteiger partial charge in [-0.3, -0.25) is 14.2 Å². The second-order valence-electron chi connectivity index (χ2n) is 7.77. The number of amides is 2. The highest BCUT2D eigenvalue weighted by Gasteiger charge is 2.23. The van der Waals surface area contributed by atoms with Crippen molar-refractivity contribution < 1.29 is 19.1 Å². The van der Waals surface area contributed by atoms with E-state index in [1.165, 1.54) is 11.8 Å². The molecule has 1 aliphatic rings. The van der Waals surface area contributed by atoms with Gasteiger partial charge in [-0.1, -0.05) is 23.9 Å². The fraction of sp³-hybridized carbons (Fsp3) is 0.333. The van der Waals surface area contributed by atoms with Gasteiger partial charge in [0.05, 0.1) is 20.0 Å². The van der Waals surface area contributed by atoms with E-state index in [-0.39, 0.29) is 17.6 Å². The summed E-state index contributed by atoms with van der Waals surface area (Å²) in [4.78, 5) is 24.8. The Bertz CT molecular complexity index is 1150. The monoisotopic (exact) mass is 481 g/mol. The molecule has 1 unspecified atom stereocenters. The van der Waals surface area contributed by atoms with Gasteiger partial charge in [0.1, 0.15) is 17.5 Å². The average molecular weight is 482 g/mol. The lowest BCUT2D eigenvalue weighted by Gasteiger charge is -2.15. The molecule has 2 heterocycles. The van der Waals surface area contributed by atoms with Crippen LogP contribution in [0.3, 0.4) is 0 Å². The van der Waals surface area contributed by atoms with Gasteiger partial charge in [0.2, 0.25) is 11.8 Å². The first-order chi connectivity index (χ1) is 16.6. The van der Waals surface area contributed by atoms with Crippen molar-refractivity contribution >= 4 is 23.6 Å². The van der Waals surface area contributed by atoms with Crippen LogP contribution < -0.4 is 20.1 Å². The van der Waals surface area contributed by atoms with Crippen LogP contribution in [0.5, 0.6) is 11.5 Å². The molecule has 34 heavy (non-hydrogen) atoms. The molecular weight excluding hydrogens is 454 g/mol. The number of aromatic nitrogens is 3.